The summed E-state index contributed by atoms with van der Waals surface area (Å²) in [6.07, 6.45) is 2.89. The summed E-state index contributed by atoms with van der Waals surface area (Å²) in [4.78, 5) is 7.70. The van der Waals surface area contributed by atoms with Crippen LogP contribution in [0.3, 0.4) is 0 Å². The van der Waals surface area contributed by atoms with Gasteiger partial charge in [-0.2, -0.15) is 0 Å². The molecule has 0 fully saturated rings. The predicted molar refractivity (Wildman–Crippen MR) is 61.7 cm³/mol. The van der Waals surface area contributed by atoms with Crippen molar-refractivity contribution in [2.75, 3.05) is 6.54 Å². The van der Waals surface area contributed by atoms with Gasteiger partial charge in [-0.25, -0.2) is 4.98 Å². The molecule has 0 amide bonds. The van der Waals surface area contributed by atoms with Crippen molar-refractivity contribution in [3.8, 4) is 0 Å². The molecule has 3 heteroatoms. The molecule has 0 aliphatic carbocycles. The first kappa shape index (κ1) is 10.7. The van der Waals surface area contributed by atoms with E-state index in [4.69, 9.17) is 0 Å². The molecule has 3 nitrogen and oxygen atoms in total. The molecule has 0 aromatic carbocycles. The second kappa shape index (κ2) is 3.63. The van der Waals surface area contributed by atoms with E-state index in [9.17, 15) is 0 Å². The molecule has 2 rings (SSSR count). The Hall–Kier alpha value is -0.830. The second-order valence-corrected chi connectivity index (χ2v) is 5.60. The maximum Gasteiger partial charge on any atom is 0.0925 e. The van der Waals surface area contributed by atoms with E-state index in [2.05, 4.69) is 43.0 Å². The highest BCUT2D eigenvalue weighted by molar-refractivity contribution is 5.20. The maximum atomic E-state index is 4.45. The molecule has 2 unspecified atom stereocenters. The van der Waals surface area contributed by atoms with Crippen LogP contribution in [0.15, 0.2) is 6.33 Å². The molecule has 0 spiro atoms. The summed E-state index contributed by atoms with van der Waals surface area (Å²) in [6.45, 7) is 10.2. The summed E-state index contributed by atoms with van der Waals surface area (Å²) in [5, 5.41) is 3.59. The smallest absolute Gasteiger partial charge is 0.0925 e. The fraction of sp³-hybridized carbons (Fsp3) is 0.750. The summed E-state index contributed by atoms with van der Waals surface area (Å²) < 4.78 is 0. The van der Waals surface area contributed by atoms with Crippen molar-refractivity contribution < 1.29 is 0 Å². The van der Waals surface area contributed by atoms with Crippen LogP contribution in [0, 0.1) is 11.3 Å². The number of hydrogen-bond acceptors (Lipinski definition) is 2. The van der Waals surface area contributed by atoms with Gasteiger partial charge in [-0.15, -0.1) is 0 Å². The number of fused-ring (bicyclic) bond motifs is 1. The molecular weight excluding hydrogens is 186 g/mol. The summed E-state index contributed by atoms with van der Waals surface area (Å²) in [6, 6.07) is 0.403. The van der Waals surface area contributed by atoms with Crippen LogP contribution in [0.25, 0.3) is 0 Å². The minimum atomic E-state index is 0.311. The Balaban J connectivity index is 2.26. The molecule has 1 aliphatic rings. The fourth-order valence-corrected chi connectivity index (χ4v) is 2.16. The number of aromatic nitrogens is 2. The summed E-state index contributed by atoms with van der Waals surface area (Å²) >= 11 is 0. The van der Waals surface area contributed by atoms with Crippen molar-refractivity contribution in [1.29, 1.82) is 0 Å². The highest BCUT2D eigenvalue weighted by Crippen LogP contribution is 2.37. The van der Waals surface area contributed by atoms with Gasteiger partial charge in [0.2, 0.25) is 0 Å². The molecular formula is C12H21N3. The van der Waals surface area contributed by atoms with Crippen LogP contribution >= 0.6 is 0 Å². The first-order valence-electron chi connectivity index (χ1n) is 5.75. The van der Waals surface area contributed by atoms with Gasteiger partial charge in [0.15, 0.2) is 0 Å². The molecule has 1 aromatic heterocycles. The Kier molecular flexibility index (Phi) is 2.59. The van der Waals surface area contributed by atoms with Gasteiger partial charge >= 0.3 is 0 Å². The zero-order valence-corrected chi connectivity index (χ0v) is 10.1. The van der Waals surface area contributed by atoms with Gasteiger partial charge in [-0.05, 0) is 11.3 Å². The van der Waals surface area contributed by atoms with Gasteiger partial charge in [0.05, 0.1) is 18.1 Å². The molecule has 84 valence electrons. The number of rotatable bonds is 1. The van der Waals surface area contributed by atoms with Crippen molar-refractivity contribution in [3.63, 3.8) is 0 Å². The minimum absolute atomic E-state index is 0.311. The van der Waals surface area contributed by atoms with Gasteiger partial charge in [0.25, 0.3) is 0 Å². The monoisotopic (exact) mass is 207 g/mol. The average molecular weight is 207 g/mol. The SMILES string of the molecule is CC(C1NCCc2[nH]cnc21)C(C)(C)C. The Labute approximate surface area is 91.7 Å². The van der Waals surface area contributed by atoms with Crippen molar-refractivity contribution in [1.82, 2.24) is 15.3 Å². The number of nitrogens with zero attached hydrogens (tertiary/aromatic N) is 1. The molecule has 2 heterocycles. The van der Waals surface area contributed by atoms with Gasteiger partial charge in [0.1, 0.15) is 0 Å². The lowest BCUT2D eigenvalue weighted by Crippen LogP contribution is -2.38. The third-order valence-electron chi connectivity index (χ3n) is 3.65. The molecule has 2 N–H and O–H groups in total. The lowest BCUT2D eigenvalue weighted by atomic mass is 9.75. The summed E-state index contributed by atoms with van der Waals surface area (Å²) in [5.74, 6) is 0.583. The highest BCUT2D eigenvalue weighted by Gasteiger charge is 2.33. The van der Waals surface area contributed by atoms with Crippen molar-refractivity contribution in [2.24, 2.45) is 11.3 Å². The van der Waals surface area contributed by atoms with Gasteiger partial charge in [-0.3, -0.25) is 0 Å². The largest absolute Gasteiger partial charge is 0.348 e. The molecule has 0 saturated carbocycles. The molecule has 2 atom stereocenters. The second-order valence-electron chi connectivity index (χ2n) is 5.60. The van der Waals surface area contributed by atoms with Crippen molar-refractivity contribution in [3.05, 3.63) is 17.7 Å². The average Bonchev–Trinajstić information content (AvgIpc) is 2.62. The Morgan fingerprint density at radius 1 is 1.47 bits per heavy atom. The van der Waals surface area contributed by atoms with Crippen molar-refractivity contribution >= 4 is 0 Å². The highest BCUT2D eigenvalue weighted by atomic mass is 15.0. The number of imidazole rings is 1. The number of hydrogen-bond donors (Lipinski definition) is 2. The van der Waals surface area contributed by atoms with Crippen LogP contribution in [-0.2, 0) is 6.42 Å². The normalized spacial score (nSPS) is 23.6. The first-order chi connectivity index (χ1) is 7.00. The Morgan fingerprint density at radius 2 is 2.20 bits per heavy atom. The summed E-state index contributed by atoms with van der Waals surface area (Å²) in [7, 11) is 0. The van der Waals surface area contributed by atoms with E-state index in [0.29, 0.717) is 17.4 Å². The third kappa shape index (κ3) is 1.93. The Bertz CT molecular complexity index is 335. The molecule has 1 aromatic rings. The quantitative estimate of drug-likeness (QED) is 0.741. The number of H-pyrrole nitrogens is 1. The molecule has 1 aliphatic heterocycles. The van der Waals surface area contributed by atoms with Crippen LogP contribution in [0.4, 0.5) is 0 Å². The summed E-state index contributed by atoms with van der Waals surface area (Å²) in [5.41, 5.74) is 2.85. The van der Waals surface area contributed by atoms with E-state index in [1.807, 2.05) is 6.33 Å². The molecule has 0 bridgehead atoms. The van der Waals surface area contributed by atoms with E-state index in [1.54, 1.807) is 0 Å². The number of aromatic amines is 1. The standard InChI is InChI=1S/C12H21N3/c1-8(12(2,3)4)10-11-9(5-6-13-10)14-7-15-11/h7-8,10,13H,5-6H2,1-4H3,(H,14,15). The van der Waals surface area contributed by atoms with Crippen LogP contribution < -0.4 is 5.32 Å². The van der Waals surface area contributed by atoms with Crippen LogP contribution in [0.1, 0.15) is 45.1 Å². The minimum Gasteiger partial charge on any atom is -0.348 e. The zero-order valence-electron chi connectivity index (χ0n) is 10.1. The Morgan fingerprint density at radius 3 is 2.87 bits per heavy atom. The third-order valence-corrected chi connectivity index (χ3v) is 3.65. The molecule has 15 heavy (non-hydrogen) atoms. The maximum absolute atomic E-state index is 4.45. The van der Waals surface area contributed by atoms with Gasteiger partial charge in [0, 0.05) is 18.7 Å². The van der Waals surface area contributed by atoms with E-state index < -0.39 is 0 Å². The van der Waals surface area contributed by atoms with E-state index in [0.717, 1.165) is 13.0 Å². The zero-order chi connectivity index (χ0) is 11.1. The predicted octanol–water partition coefficient (Wildman–Crippen LogP) is 2.28. The molecule has 0 radical (unpaired) electrons. The lowest BCUT2D eigenvalue weighted by Gasteiger charge is -2.36. The van der Waals surface area contributed by atoms with Crippen molar-refractivity contribution in [2.45, 2.75) is 40.2 Å². The van der Waals surface area contributed by atoms with Crippen LogP contribution in [0.2, 0.25) is 0 Å². The van der Waals surface area contributed by atoms with Gasteiger partial charge in [-0.1, -0.05) is 27.7 Å². The van der Waals surface area contributed by atoms with E-state index >= 15 is 0 Å². The van der Waals surface area contributed by atoms with E-state index in [1.165, 1.54) is 11.4 Å². The van der Waals surface area contributed by atoms with E-state index in [-0.39, 0.29) is 0 Å². The molecule has 0 saturated heterocycles. The first-order valence-corrected chi connectivity index (χ1v) is 5.75. The number of nitrogens with one attached hydrogen (secondary N) is 2. The van der Waals surface area contributed by atoms with Gasteiger partial charge < -0.3 is 10.3 Å². The topological polar surface area (TPSA) is 40.7 Å². The van der Waals surface area contributed by atoms with Crippen LogP contribution in [-0.4, -0.2) is 16.5 Å². The fourth-order valence-electron chi connectivity index (χ4n) is 2.16. The van der Waals surface area contributed by atoms with Crippen LogP contribution in [0.5, 0.6) is 0 Å². The lowest BCUT2D eigenvalue weighted by molar-refractivity contribution is 0.190.